The van der Waals surface area contributed by atoms with Crippen molar-refractivity contribution >= 4 is 23.9 Å². The largest absolute Gasteiger partial charge is 0.236 e. The van der Waals surface area contributed by atoms with Crippen molar-refractivity contribution in [1.29, 1.82) is 0 Å². The van der Waals surface area contributed by atoms with E-state index in [0.29, 0.717) is 5.25 Å². The van der Waals surface area contributed by atoms with Crippen LogP contribution in [0.1, 0.15) is 57.8 Å². The van der Waals surface area contributed by atoms with Crippen molar-refractivity contribution in [3.63, 3.8) is 0 Å². The van der Waals surface area contributed by atoms with Gasteiger partial charge in [-0.1, -0.05) is 25.7 Å². The molecule has 2 fully saturated rings. The zero-order valence-corrected chi connectivity index (χ0v) is 12.0. The molecule has 2 aliphatic rings. The fraction of sp³-hybridized carbons (Fsp3) is 0.857. The van der Waals surface area contributed by atoms with Gasteiger partial charge < -0.3 is 0 Å². The third-order valence-corrected chi connectivity index (χ3v) is 5.93. The highest BCUT2D eigenvalue weighted by Crippen LogP contribution is 2.47. The normalized spacial score (nSPS) is 32.1. The Kier molecular flexibility index (Phi) is 5.38. The second kappa shape index (κ2) is 7.04. The summed E-state index contributed by atoms with van der Waals surface area (Å²) in [5.74, 6) is 0. The Bertz CT molecular complexity index is 396. The lowest BCUT2D eigenvalue weighted by Crippen LogP contribution is -2.41. The van der Waals surface area contributed by atoms with Crippen LogP contribution < -0.4 is 0 Å². The summed E-state index contributed by atoms with van der Waals surface area (Å²) in [4.78, 5) is 28.9. The molecule has 4 nitrogen and oxygen atoms in total. The Hall–Kier alpha value is -0.890. The zero-order valence-electron chi connectivity index (χ0n) is 11.1. The van der Waals surface area contributed by atoms with E-state index in [-0.39, 0.29) is 6.04 Å². The SMILES string of the molecule is O=C=NC1CCCCC1(N=C=O)SC1CCCCC1. The highest BCUT2D eigenvalue weighted by Gasteiger charge is 2.43. The lowest BCUT2D eigenvalue weighted by atomic mass is 9.90. The van der Waals surface area contributed by atoms with Gasteiger partial charge in [-0.2, -0.15) is 9.98 Å². The molecule has 0 N–H and O–H groups in total. The molecule has 2 atom stereocenters. The average Bonchev–Trinajstić information content (AvgIpc) is 2.43. The molecule has 2 unspecified atom stereocenters. The molecule has 104 valence electrons. The van der Waals surface area contributed by atoms with E-state index in [1.165, 1.54) is 32.1 Å². The average molecular weight is 280 g/mol. The van der Waals surface area contributed by atoms with Gasteiger partial charge in [-0.15, -0.1) is 11.8 Å². The van der Waals surface area contributed by atoms with Gasteiger partial charge in [0.25, 0.3) is 0 Å². The molecular formula is C14H20N2O2S. The summed E-state index contributed by atoms with van der Waals surface area (Å²) in [6, 6.07) is -0.202. The quantitative estimate of drug-likeness (QED) is 0.586. The molecular weight excluding hydrogens is 260 g/mol. The van der Waals surface area contributed by atoms with Crippen LogP contribution in [0.15, 0.2) is 9.98 Å². The van der Waals surface area contributed by atoms with Gasteiger partial charge in [-0.05, 0) is 32.1 Å². The van der Waals surface area contributed by atoms with E-state index in [1.54, 1.807) is 23.9 Å². The fourth-order valence-corrected chi connectivity index (χ4v) is 5.01. The molecule has 5 heteroatoms. The first-order valence-corrected chi connectivity index (χ1v) is 8.02. The number of nitrogens with zero attached hydrogens (tertiary/aromatic N) is 2. The van der Waals surface area contributed by atoms with Crippen LogP contribution in [0.3, 0.4) is 0 Å². The minimum Gasteiger partial charge on any atom is -0.211 e. The second-order valence-corrected chi connectivity index (χ2v) is 7.02. The van der Waals surface area contributed by atoms with Crippen molar-refractivity contribution in [1.82, 2.24) is 0 Å². The molecule has 2 rings (SSSR count). The van der Waals surface area contributed by atoms with Crippen LogP contribution in [0.25, 0.3) is 0 Å². The van der Waals surface area contributed by atoms with Crippen LogP contribution in [0.5, 0.6) is 0 Å². The van der Waals surface area contributed by atoms with Gasteiger partial charge >= 0.3 is 0 Å². The summed E-state index contributed by atoms with van der Waals surface area (Å²) in [7, 11) is 0. The number of aliphatic imine (C=N–C) groups is 2. The Balaban J connectivity index is 2.18. The Labute approximate surface area is 118 Å². The first kappa shape index (κ1) is 14.5. The van der Waals surface area contributed by atoms with Crippen molar-refractivity contribution in [2.75, 3.05) is 0 Å². The number of carbonyl (C=O) groups excluding carboxylic acids is 2. The molecule has 2 aliphatic carbocycles. The van der Waals surface area contributed by atoms with Crippen LogP contribution in [0.2, 0.25) is 0 Å². The monoisotopic (exact) mass is 280 g/mol. The predicted octanol–water partition coefficient (Wildman–Crippen LogP) is 3.36. The van der Waals surface area contributed by atoms with E-state index >= 15 is 0 Å². The van der Waals surface area contributed by atoms with Gasteiger partial charge in [0.15, 0.2) is 0 Å². The maximum absolute atomic E-state index is 10.8. The van der Waals surface area contributed by atoms with E-state index in [9.17, 15) is 9.59 Å². The van der Waals surface area contributed by atoms with E-state index in [1.807, 2.05) is 0 Å². The number of thioether (sulfide) groups is 1. The highest BCUT2D eigenvalue weighted by atomic mass is 32.2. The molecule has 19 heavy (non-hydrogen) atoms. The van der Waals surface area contributed by atoms with Crippen LogP contribution in [-0.4, -0.2) is 28.3 Å². The van der Waals surface area contributed by atoms with Crippen molar-refractivity contribution in [3.8, 4) is 0 Å². The van der Waals surface area contributed by atoms with Crippen molar-refractivity contribution < 1.29 is 9.59 Å². The molecule has 0 saturated heterocycles. The molecule has 0 spiro atoms. The third-order valence-electron chi connectivity index (χ3n) is 4.15. The molecule has 0 aromatic rings. The van der Waals surface area contributed by atoms with Gasteiger partial charge in [0.2, 0.25) is 12.2 Å². The van der Waals surface area contributed by atoms with Crippen LogP contribution in [0, 0.1) is 0 Å². The smallest absolute Gasteiger partial charge is 0.211 e. The first-order valence-electron chi connectivity index (χ1n) is 7.14. The van der Waals surface area contributed by atoms with Gasteiger partial charge in [0, 0.05) is 5.25 Å². The molecule has 0 bridgehead atoms. The Morgan fingerprint density at radius 1 is 0.947 bits per heavy atom. The molecule has 0 amide bonds. The standard InChI is InChI=1S/C14H20N2O2S/c17-10-15-13-8-4-5-9-14(13,16-11-18)19-12-6-2-1-3-7-12/h12-13H,1-9H2. The van der Waals surface area contributed by atoms with Crippen molar-refractivity contribution in [2.45, 2.75) is 74.0 Å². The summed E-state index contributed by atoms with van der Waals surface area (Å²) in [6.07, 6.45) is 13.3. The van der Waals surface area contributed by atoms with E-state index in [2.05, 4.69) is 9.98 Å². The maximum atomic E-state index is 10.8. The number of hydrogen-bond acceptors (Lipinski definition) is 5. The topological polar surface area (TPSA) is 58.9 Å². The molecule has 2 saturated carbocycles. The third kappa shape index (κ3) is 3.56. The van der Waals surface area contributed by atoms with E-state index in [0.717, 1.165) is 25.7 Å². The highest BCUT2D eigenvalue weighted by molar-refractivity contribution is 8.01. The van der Waals surface area contributed by atoms with Gasteiger partial charge in [-0.25, -0.2) is 9.59 Å². The summed E-state index contributed by atoms with van der Waals surface area (Å²) < 4.78 is 0. The maximum Gasteiger partial charge on any atom is 0.236 e. The summed E-state index contributed by atoms with van der Waals surface area (Å²) in [5.41, 5.74) is 0. The van der Waals surface area contributed by atoms with Crippen LogP contribution >= 0.6 is 11.8 Å². The molecule has 0 heterocycles. The number of hydrogen-bond donors (Lipinski definition) is 0. The first-order chi connectivity index (χ1) is 9.30. The van der Waals surface area contributed by atoms with E-state index < -0.39 is 4.87 Å². The summed E-state index contributed by atoms with van der Waals surface area (Å²) >= 11 is 1.76. The van der Waals surface area contributed by atoms with Gasteiger partial charge in [-0.3, -0.25) is 0 Å². The number of rotatable bonds is 4. The minimum atomic E-state index is -0.556. The fourth-order valence-electron chi connectivity index (χ4n) is 3.18. The lowest BCUT2D eigenvalue weighted by molar-refractivity contribution is 0.350. The Morgan fingerprint density at radius 2 is 1.68 bits per heavy atom. The van der Waals surface area contributed by atoms with E-state index in [4.69, 9.17) is 0 Å². The predicted molar refractivity (Wildman–Crippen MR) is 75.7 cm³/mol. The molecule has 0 aromatic carbocycles. The second-order valence-electron chi connectivity index (χ2n) is 5.41. The van der Waals surface area contributed by atoms with Crippen LogP contribution in [0.4, 0.5) is 0 Å². The Morgan fingerprint density at radius 3 is 2.37 bits per heavy atom. The molecule has 0 radical (unpaired) electrons. The van der Waals surface area contributed by atoms with Gasteiger partial charge in [0.05, 0.1) is 6.04 Å². The summed E-state index contributed by atoms with van der Waals surface area (Å²) in [6.45, 7) is 0. The summed E-state index contributed by atoms with van der Waals surface area (Å²) in [5, 5.41) is 0.535. The number of isocyanates is 2. The minimum absolute atomic E-state index is 0.202. The van der Waals surface area contributed by atoms with Crippen molar-refractivity contribution in [2.24, 2.45) is 9.98 Å². The zero-order chi connectivity index (χ0) is 13.6. The molecule has 0 aliphatic heterocycles. The van der Waals surface area contributed by atoms with Crippen molar-refractivity contribution in [3.05, 3.63) is 0 Å². The molecule has 0 aromatic heterocycles. The van der Waals surface area contributed by atoms with Crippen LogP contribution in [-0.2, 0) is 9.59 Å². The van der Waals surface area contributed by atoms with Gasteiger partial charge in [0.1, 0.15) is 4.87 Å². The lowest BCUT2D eigenvalue weighted by Gasteiger charge is -2.39.